The molecule has 106 valence electrons. The molecule has 0 spiro atoms. The molecule has 0 radical (unpaired) electrons. The van der Waals surface area contributed by atoms with Crippen molar-refractivity contribution in [2.24, 2.45) is 0 Å². The van der Waals surface area contributed by atoms with Crippen LogP contribution in [-0.2, 0) is 9.59 Å². The van der Waals surface area contributed by atoms with Gasteiger partial charge in [-0.3, -0.25) is 19.7 Å². The Morgan fingerprint density at radius 1 is 1.50 bits per heavy atom. The van der Waals surface area contributed by atoms with Gasteiger partial charge in [-0.1, -0.05) is 6.92 Å². The van der Waals surface area contributed by atoms with Crippen molar-refractivity contribution >= 4 is 23.7 Å². The third-order valence-electron chi connectivity index (χ3n) is 2.96. The number of hydrogen-bond donors (Lipinski definition) is 2. The summed E-state index contributed by atoms with van der Waals surface area (Å²) in [6, 6.07) is 0.285. The first-order chi connectivity index (χ1) is 9.43. The van der Waals surface area contributed by atoms with E-state index < -0.39 is 29.7 Å². The van der Waals surface area contributed by atoms with E-state index in [1.54, 1.807) is 6.92 Å². The maximum absolute atomic E-state index is 12.2. The topological polar surface area (TPSA) is 117 Å². The van der Waals surface area contributed by atoms with Gasteiger partial charge in [-0.15, -0.1) is 0 Å². The molecule has 0 saturated carbocycles. The van der Waals surface area contributed by atoms with E-state index in [4.69, 9.17) is 9.52 Å². The summed E-state index contributed by atoms with van der Waals surface area (Å²) in [7, 11) is 0. The Hall–Kier alpha value is -2.64. The van der Waals surface area contributed by atoms with Crippen LogP contribution in [0.15, 0.2) is 16.7 Å². The minimum atomic E-state index is -1.23. The van der Waals surface area contributed by atoms with Crippen molar-refractivity contribution < 1.29 is 28.7 Å². The van der Waals surface area contributed by atoms with Crippen LogP contribution >= 0.6 is 0 Å². The standard InChI is InChI=1S/C12H12N2O6/c1-2-7-10(16)13-9(15)4-14(7)11(17)8-3-6(5-20-8)12(18)19/h3,5,7H,2,4H2,1H3,(H,18,19)(H,13,15,16). The first-order valence-corrected chi connectivity index (χ1v) is 5.90. The lowest BCUT2D eigenvalue weighted by molar-refractivity contribution is -0.138. The summed E-state index contributed by atoms with van der Waals surface area (Å²) in [4.78, 5) is 47.0. The molecule has 1 aliphatic rings. The monoisotopic (exact) mass is 280 g/mol. The smallest absolute Gasteiger partial charge is 0.338 e. The number of furan rings is 1. The molecule has 1 atom stereocenters. The van der Waals surface area contributed by atoms with Crippen LogP contribution in [0.4, 0.5) is 0 Å². The Bertz CT molecular complexity index is 591. The summed E-state index contributed by atoms with van der Waals surface area (Å²) < 4.78 is 4.89. The maximum atomic E-state index is 12.2. The number of amides is 3. The van der Waals surface area contributed by atoms with E-state index >= 15 is 0 Å². The third-order valence-corrected chi connectivity index (χ3v) is 2.96. The van der Waals surface area contributed by atoms with E-state index in [0.717, 1.165) is 17.2 Å². The van der Waals surface area contributed by atoms with E-state index in [9.17, 15) is 19.2 Å². The number of carboxylic acids is 1. The van der Waals surface area contributed by atoms with Crippen LogP contribution < -0.4 is 5.32 Å². The minimum Gasteiger partial charge on any atom is -0.478 e. The first-order valence-electron chi connectivity index (χ1n) is 5.90. The quantitative estimate of drug-likeness (QED) is 0.744. The second kappa shape index (κ2) is 5.16. The zero-order valence-corrected chi connectivity index (χ0v) is 10.6. The van der Waals surface area contributed by atoms with Gasteiger partial charge in [0, 0.05) is 6.07 Å². The number of imide groups is 1. The second-order valence-corrected chi connectivity index (χ2v) is 4.27. The molecular formula is C12H12N2O6. The Kier molecular flexibility index (Phi) is 3.55. The normalized spacial score (nSPS) is 18.9. The number of rotatable bonds is 3. The predicted molar refractivity (Wildman–Crippen MR) is 63.9 cm³/mol. The molecule has 1 aromatic rings. The van der Waals surface area contributed by atoms with Crippen LogP contribution in [0.25, 0.3) is 0 Å². The van der Waals surface area contributed by atoms with Crippen molar-refractivity contribution in [3.8, 4) is 0 Å². The molecule has 1 saturated heterocycles. The maximum Gasteiger partial charge on any atom is 0.338 e. The van der Waals surface area contributed by atoms with Crippen molar-refractivity contribution in [2.45, 2.75) is 19.4 Å². The SMILES string of the molecule is CCC1C(=O)NC(=O)CN1C(=O)c1cc(C(=O)O)co1. The molecule has 1 unspecified atom stereocenters. The Balaban J connectivity index is 2.27. The van der Waals surface area contributed by atoms with Crippen LogP contribution in [0.5, 0.6) is 0 Å². The fourth-order valence-electron chi connectivity index (χ4n) is 1.99. The van der Waals surface area contributed by atoms with Gasteiger partial charge in [-0.25, -0.2) is 4.79 Å². The van der Waals surface area contributed by atoms with Crippen LogP contribution in [0, 0.1) is 0 Å². The highest BCUT2D eigenvalue weighted by Crippen LogP contribution is 2.16. The Morgan fingerprint density at radius 2 is 2.20 bits per heavy atom. The molecule has 2 heterocycles. The lowest BCUT2D eigenvalue weighted by Gasteiger charge is -2.32. The van der Waals surface area contributed by atoms with Gasteiger partial charge in [0.25, 0.3) is 5.91 Å². The highest BCUT2D eigenvalue weighted by atomic mass is 16.4. The number of nitrogens with one attached hydrogen (secondary N) is 1. The molecule has 0 aliphatic carbocycles. The van der Waals surface area contributed by atoms with Crippen molar-refractivity contribution in [2.75, 3.05) is 6.54 Å². The number of nitrogens with zero attached hydrogens (tertiary/aromatic N) is 1. The first kappa shape index (κ1) is 13.8. The highest BCUT2D eigenvalue weighted by Gasteiger charge is 2.37. The molecule has 3 amide bonds. The van der Waals surface area contributed by atoms with Crippen LogP contribution in [-0.4, -0.2) is 46.3 Å². The molecule has 0 bridgehead atoms. The van der Waals surface area contributed by atoms with E-state index in [-0.39, 0.29) is 17.9 Å². The summed E-state index contributed by atoms with van der Waals surface area (Å²) in [5, 5.41) is 10.9. The summed E-state index contributed by atoms with van der Waals surface area (Å²) >= 11 is 0. The molecule has 1 aliphatic heterocycles. The molecular weight excluding hydrogens is 268 g/mol. The largest absolute Gasteiger partial charge is 0.478 e. The second-order valence-electron chi connectivity index (χ2n) is 4.27. The van der Waals surface area contributed by atoms with Crippen molar-refractivity contribution in [1.82, 2.24) is 10.2 Å². The zero-order valence-electron chi connectivity index (χ0n) is 10.6. The van der Waals surface area contributed by atoms with Gasteiger partial charge >= 0.3 is 5.97 Å². The summed E-state index contributed by atoms with van der Waals surface area (Å²) in [6.45, 7) is 1.43. The number of aromatic carboxylic acids is 1. The number of carboxylic acid groups (broad SMARTS) is 1. The molecule has 20 heavy (non-hydrogen) atoms. The van der Waals surface area contributed by atoms with Crippen LogP contribution in [0.1, 0.15) is 34.3 Å². The van der Waals surface area contributed by atoms with Gasteiger partial charge in [0.2, 0.25) is 11.8 Å². The molecule has 1 fully saturated rings. The van der Waals surface area contributed by atoms with Gasteiger partial charge in [0.15, 0.2) is 5.76 Å². The number of piperazine rings is 1. The lowest BCUT2D eigenvalue weighted by Crippen LogP contribution is -2.59. The van der Waals surface area contributed by atoms with Gasteiger partial charge in [-0.2, -0.15) is 0 Å². The van der Waals surface area contributed by atoms with Gasteiger partial charge in [0.05, 0.1) is 5.56 Å². The van der Waals surface area contributed by atoms with Crippen LogP contribution in [0.2, 0.25) is 0 Å². The van der Waals surface area contributed by atoms with Gasteiger partial charge in [0.1, 0.15) is 18.8 Å². The van der Waals surface area contributed by atoms with E-state index in [0.29, 0.717) is 6.42 Å². The molecule has 0 aromatic carbocycles. The average molecular weight is 280 g/mol. The molecule has 1 aromatic heterocycles. The van der Waals surface area contributed by atoms with Gasteiger partial charge in [-0.05, 0) is 6.42 Å². The molecule has 8 nitrogen and oxygen atoms in total. The number of carbonyl (C=O) groups is 4. The van der Waals surface area contributed by atoms with Crippen molar-refractivity contribution in [1.29, 1.82) is 0 Å². The molecule has 2 rings (SSSR count). The van der Waals surface area contributed by atoms with Crippen molar-refractivity contribution in [3.63, 3.8) is 0 Å². The predicted octanol–water partition coefficient (Wildman–Crippen LogP) is -0.145. The summed E-state index contributed by atoms with van der Waals surface area (Å²) in [5.74, 6) is -3.27. The summed E-state index contributed by atoms with van der Waals surface area (Å²) in [6.07, 6.45) is 1.26. The Labute approximate surface area is 113 Å². The van der Waals surface area contributed by atoms with E-state index in [1.807, 2.05) is 0 Å². The van der Waals surface area contributed by atoms with Crippen LogP contribution in [0.3, 0.4) is 0 Å². The van der Waals surface area contributed by atoms with Gasteiger partial charge < -0.3 is 14.4 Å². The third kappa shape index (κ3) is 2.40. The molecule has 8 heteroatoms. The highest BCUT2D eigenvalue weighted by molar-refractivity contribution is 6.06. The molecule has 2 N–H and O–H groups in total. The van der Waals surface area contributed by atoms with E-state index in [1.165, 1.54) is 0 Å². The van der Waals surface area contributed by atoms with Crippen molar-refractivity contribution in [3.05, 3.63) is 23.7 Å². The fourth-order valence-corrected chi connectivity index (χ4v) is 1.99. The average Bonchev–Trinajstić information content (AvgIpc) is 2.86. The minimum absolute atomic E-state index is 0.172. The number of carbonyl (C=O) groups excluding carboxylic acids is 3. The van der Waals surface area contributed by atoms with E-state index in [2.05, 4.69) is 5.32 Å². The zero-order chi connectivity index (χ0) is 14.9. The number of hydrogen-bond acceptors (Lipinski definition) is 5. The Morgan fingerprint density at radius 3 is 2.75 bits per heavy atom. The fraction of sp³-hybridized carbons (Fsp3) is 0.333. The summed E-state index contributed by atoms with van der Waals surface area (Å²) in [5.41, 5.74) is -0.172. The lowest BCUT2D eigenvalue weighted by atomic mass is 10.1.